The highest BCUT2D eigenvalue weighted by molar-refractivity contribution is 6.02. The molecule has 1 nitrogen and oxygen atoms in total. The van der Waals surface area contributed by atoms with Gasteiger partial charge in [-0.05, 0) is 61.9 Å². The standard InChI is InChI=1S/C36H25N/c1-2-9-24(10-3-1)32-20-36(21-34(36)31-18-17-25-11-4-7-16-30(25)35(31)32)28-14-8-13-26(19-28)33-23-37-22-27-12-5-6-15-29(27)33/h1-20,22-23,34H,21H2. The third kappa shape index (κ3) is 3.07. The number of nitrogens with zero attached hydrogens (tertiary/aromatic N) is 1. The van der Waals surface area contributed by atoms with Crippen LogP contribution in [0, 0.1) is 0 Å². The van der Waals surface area contributed by atoms with Gasteiger partial charge < -0.3 is 0 Å². The molecule has 0 radical (unpaired) electrons. The Morgan fingerprint density at radius 2 is 1.38 bits per heavy atom. The summed E-state index contributed by atoms with van der Waals surface area (Å²) in [6, 6.07) is 42.2. The highest BCUT2D eigenvalue weighted by Gasteiger charge is 2.57. The predicted octanol–water partition coefficient (Wildman–Crippen LogP) is 8.93. The molecule has 0 saturated heterocycles. The molecule has 2 unspecified atom stereocenters. The molecular formula is C36H25N. The Hall–Kier alpha value is -4.49. The van der Waals surface area contributed by atoms with Gasteiger partial charge in [0, 0.05) is 28.8 Å². The highest BCUT2D eigenvalue weighted by atomic mass is 14.6. The molecule has 37 heavy (non-hydrogen) atoms. The molecule has 0 N–H and O–H groups in total. The van der Waals surface area contributed by atoms with E-state index in [-0.39, 0.29) is 5.41 Å². The van der Waals surface area contributed by atoms with E-state index in [1.165, 1.54) is 60.5 Å². The molecule has 1 heteroatoms. The van der Waals surface area contributed by atoms with Gasteiger partial charge in [0.2, 0.25) is 0 Å². The van der Waals surface area contributed by atoms with Gasteiger partial charge in [-0.1, -0.05) is 121 Å². The number of benzene rings is 5. The number of hydrogen-bond acceptors (Lipinski definition) is 1. The van der Waals surface area contributed by atoms with E-state index in [1.807, 2.05) is 12.4 Å². The second-order valence-corrected chi connectivity index (χ2v) is 10.5. The summed E-state index contributed by atoms with van der Waals surface area (Å²) in [5.41, 5.74) is 9.40. The summed E-state index contributed by atoms with van der Waals surface area (Å²) < 4.78 is 0. The second-order valence-electron chi connectivity index (χ2n) is 10.5. The second kappa shape index (κ2) is 7.75. The Bertz CT molecular complexity index is 1860. The van der Waals surface area contributed by atoms with E-state index in [9.17, 15) is 0 Å². The Morgan fingerprint density at radius 3 is 2.27 bits per heavy atom. The lowest BCUT2D eigenvalue weighted by atomic mass is 9.77. The highest BCUT2D eigenvalue weighted by Crippen LogP contribution is 2.67. The average Bonchev–Trinajstić information content (AvgIpc) is 3.73. The van der Waals surface area contributed by atoms with E-state index in [4.69, 9.17) is 0 Å². The normalized spacial score (nSPS) is 19.8. The molecule has 5 aromatic carbocycles. The number of pyridine rings is 1. The van der Waals surface area contributed by atoms with Crippen molar-refractivity contribution in [3.63, 3.8) is 0 Å². The zero-order valence-corrected chi connectivity index (χ0v) is 20.4. The maximum absolute atomic E-state index is 4.56. The number of fused-ring (bicyclic) bond motifs is 6. The summed E-state index contributed by atoms with van der Waals surface area (Å²) in [6.45, 7) is 0. The minimum atomic E-state index is 0.0225. The molecule has 174 valence electrons. The molecule has 6 aromatic rings. The van der Waals surface area contributed by atoms with Crippen LogP contribution in [-0.2, 0) is 5.41 Å². The van der Waals surface area contributed by atoms with E-state index < -0.39 is 0 Å². The van der Waals surface area contributed by atoms with Crippen LogP contribution in [-0.4, -0.2) is 4.98 Å². The van der Waals surface area contributed by atoms with Crippen LogP contribution in [0.3, 0.4) is 0 Å². The van der Waals surface area contributed by atoms with Crippen LogP contribution in [0.5, 0.6) is 0 Å². The van der Waals surface area contributed by atoms with Crippen molar-refractivity contribution in [2.75, 3.05) is 0 Å². The van der Waals surface area contributed by atoms with E-state index in [1.54, 1.807) is 0 Å². The van der Waals surface area contributed by atoms with Crippen molar-refractivity contribution < 1.29 is 0 Å². The molecule has 2 aliphatic carbocycles. The number of hydrogen-bond donors (Lipinski definition) is 0. The number of allylic oxidation sites excluding steroid dienone is 1. The van der Waals surface area contributed by atoms with Crippen LogP contribution in [0.2, 0.25) is 0 Å². The smallest absolute Gasteiger partial charge is 0.0352 e. The van der Waals surface area contributed by atoms with Crippen molar-refractivity contribution >= 4 is 27.1 Å². The van der Waals surface area contributed by atoms with Gasteiger partial charge in [0.15, 0.2) is 0 Å². The van der Waals surface area contributed by atoms with Crippen molar-refractivity contribution in [3.8, 4) is 11.1 Å². The third-order valence-corrected chi connectivity index (χ3v) is 8.48. The summed E-state index contributed by atoms with van der Waals surface area (Å²) >= 11 is 0. The Labute approximate surface area is 216 Å². The summed E-state index contributed by atoms with van der Waals surface area (Å²) in [7, 11) is 0. The monoisotopic (exact) mass is 471 g/mol. The summed E-state index contributed by atoms with van der Waals surface area (Å²) in [5.74, 6) is 0.500. The van der Waals surface area contributed by atoms with Crippen LogP contribution in [0.25, 0.3) is 38.2 Å². The number of rotatable bonds is 3. The minimum Gasteiger partial charge on any atom is -0.263 e. The van der Waals surface area contributed by atoms with Gasteiger partial charge in [-0.3, -0.25) is 4.98 Å². The lowest BCUT2D eigenvalue weighted by Gasteiger charge is -2.27. The summed E-state index contributed by atoms with van der Waals surface area (Å²) in [4.78, 5) is 4.56. The van der Waals surface area contributed by atoms with Gasteiger partial charge in [0.1, 0.15) is 0 Å². The minimum absolute atomic E-state index is 0.0225. The first-order chi connectivity index (χ1) is 18.3. The van der Waals surface area contributed by atoms with Crippen LogP contribution < -0.4 is 0 Å². The molecule has 2 atom stereocenters. The molecule has 8 rings (SSSR count). The van der Waals surface area contributed by atoms with Crippen molar-refractivity contribution in [2.45, 2.75) is 17.8 Å². The van der Waals surface area contributed by atoms with Crippen LogP contribution in [0.15, 0.2) is 134 Å². The van der Waals surface area contributed by atoms with Crippen molar-refractivity contribution in [3.05, 3.63) is 156 Å². The summed E-state index contributed by atoms with van der Waals surface area (Å²) in [5, 5.41) is 5.09. The molecule has 0 amide bonds. The van der Waals surface area contributed by atoms with Crippen molar-refractivity contribution in [2.24, 2.45) is 0 Å². The molecule has 0 aliphatic heterocycles. The molecule has 0 spiro atoms. The first kappa shape index (κ1) is 20.7. The first-order valence-corrected chi connectivity index (χ1v) is 13.1. The van der Waals surface area contributed by atoms with Crippen LogP contribution in [0.4, 0.5) is 0 Å². The Kier molecular flexibility index (Phi) is 4.33. The van der Waals surface area contributed by atoms with E-state index in [0.29, 0.717) is 5.92 Å². The maximum Gasteiger partial charge on any atom is 0.0352 e. The van der Waals surface area contributed by atoms with Crippen LogP contribution in [0.1, 0.15) is 34.6 Å². The van der Waals surface area contributed by atoms with Crippen molar-refractivity contribution in [1.82, 2.24) is 4.98 Å². The fourth-order valence-electron chi connectivity index (χ4n) is 6.61. The number of aromatic nitrogens is 1. The lowest BCUT2D eigenvalue weighted by molar-refractivity contribution is 0.831. The van der Waals surface area contributed by atoms with E-state index >= 15 is 0 Å². The summed E-state index contributed by atoms with van der Waals surface area (Å²) in [6.07, 6.45) is 7.70. The zero-order chi connectivity index (χ0) is 24.4. The van der Waals surface area contributed by atoms with E-state index in [0.717, 1.165) is 6.42 Å². The molecule has 0 bridgehead atoms. The fraction of sp³-hybridized carbons (Fsp3) is 0.0833. The molecule has 1 saturated carbocycles. The molecule has 1 aromatic heterocycles. The molecular weight excluding hydrogens is 446 g/mol. The van der Waals surface area contributed by atoms with Crippen molar-refractivity contribution in [1.29, 1.82) is 0 Å². The van der Waals surface area contributed by atoms with Gasteiger partial charge in [-0.2, -0.15) is 0 Å². The van der Waals surface area contributed by atoms with Gasteiger partial charge >= 0.3 is 0 Å². The fourth-order valence-corrected chi connectivity index (χ4v) is 6.61. The topological polar surface area (TPSA) is 12.9 Å². The van der Waals surface area contributed by atoms with Crippen LogP contribution >= 0.6 is 0 Å². The Balaban J connectivity index is 1.34. The molecule has 2 aliphatic rings. The third-order valence-electron chi connectivity index (χ3n) is 8.48. The zero-order valence-electron chi connectivity index (χ0n) is 20.4. The first-order valence-electron chi connectivity index (χ1n) is 13.1. The average molecular weight is 472 g/mol. The van der Waals surface area contributed by atoms with Gasteiger partial charge in [0.25, 0.3) is 0 Å². The largest absolute Gasteiger partial charge is 0.263 e. The van der Waals surface area contributed by atoms with E-state index in [2.05, 4.69) is 126 Å². The maximum atomic E-state index is 4.56. The SMILES string of the molecule is C1=C(c2ccccc2)c2c(ccc3ccccc23)C2CC12c1cccc(-c2cncc3ccccc23)c1. The predicted molar refractivity (Wildman–Crippen MR) is 154 cm³/mol. The molecule has 1 heterocycles. The molecule has 1 fully saturated rings. The quantitative estimate of drug-likeness (QED) is 0.251. The van der Waals surface area contributed by atoms with Gasteiger partial charge in [-0.25, -0.2) is 0 Å². The lowest BCUT2D eigenvalue weighted by Crippen LogP contribution is -2.13. The Morgan fingerprint density at radius 1 is 0.622 bits per heavy atom. The van der Waals surface area contributed by atoms with Gasteiger partial charge in [-0.15, -0.1) is 0 Å². The van der Waals surface area contributed by atoms with Gasteiger partial charge in [0.05, 0.1) is 0 Å².